The van der Waals surface area contributed by atoms with Crippen LogP contribution in [0.5, 0.6) is 0 Å². The molecule has 0 radical (unpaired) electrons. The van der Waals surface area contributed by atoms with Gasteiger partial charge in [-0.2, -0.15) is 0 Å². The maximum atomic E-state index is 3.64. The Kier molecular flexibility index (Phi) is 7.75. The number of rotatable bonds is 9. The summed E-state index contributed by atoms with van der Waals surface area (Å²) in [6.07, 6.45) is 5.36. The van der Waals surface area contributed by atoms with Gasteiger partial charge in [-0.1, -0.05) is 70.4 Å². The second-order valence-corrected chi connectivity index (χ2v) is 5.39. The third kappa shape index (κ3) is 5.68. The van der Waals surface area contributed by atoms with Crippen molar-refractivity contribution in [2.75, 3.05) is 13.1 Å². The highest BCUT2D eigenvalue weighted by atomic mass is 14.9. The van der Waals surface area contributed by atoms with Crippen LogP contribution in [-0.4, -0.2) is 13.1 Å². The Bertz CT molecular complexity index is 294. The molecule has 0 saturated heterocycles. The largest absolute Gasteiger partial charge is 0.316 e. The van der Waals surface area contributed by atoms with E-state index < -0.39 is 0 Å². The van der Waals surface area contributed by atoms with Gasteiger partial charge in [-0.3, -0.25) is 0 Å². The highest BCUT2D eigenvalue weighted by Crippen LogP contribution is 2.14. The van der Waals surface area contributed by atoms with Crippen LogP contribution in [0.2, 0.25) is 0 Å². The monoisotopic (exact) mass is 247 g/mol. The minimum absolute atomic E-state index is 0.606. The Balaban J connectivity index is 2.24. The average Bonchev–Trinajstić information content (AvgIpc) is 2.43. The first-order valence-corrected chi connectivity index (χ1v) is 7.53. The lowest BCUT2D eigenvalue weighted by Crippen LogP contribution is -2.26. The molecule has 1 aromatic carbocycles. The smallest absolute Gasteiger partial charge is 0.00176 e. The van der Waals surface area contributed by atoms with E-state index in [1.54, 1.807) is 0 Å². The van der Waals surface area contributed by atoms with Crippen molar-refractivity contribution < 1.29 is 0 Å². The highest BCUT2D eigenvalue weighted by molar-refractivity contribution is 5.18. The summed E-state index contributed by atoms with van der Waals surface area (Å²) in [4.78, 5) is 0. The van der Waals surface area contributed by atoms with E-state index in [-0.39, 0.29) is 0 Å². The van der Waals surface area contributed by atoms with Crippen molar-refractivity contribution in [3.8, 4) is 0 Å². The average molecular weight is 247 g/mol. The van der Waals surface area contributed by atoms with Crippen LogP contribution < -0.4 is 5.32 Å². The van der Waals surface area contributed by atoms with Crippen LogP contribution in [0.1, 0.15) is 57.9 Å². The molecule has 1 rings (SSSR count). The second-order valence-electron chi connectivity index (χ2n) is 5.39. The highest BCUT2D eigenvalue weighted by Gasteiger charge is 2.08. The van der Waals surface area contributed by atoms with Crippen molar-refractivity contribution in [2.24, 2.45) is 5.92 Å². The Morgan fingerprint density at radius 1 is 1.06 bits per heavy atom. The second kappa shape index (κ2) is 9.16. The summed E-state index contributed by atoms with van der Waals surface area (Å²) in [5, 5.41) is 3.64. The Morgan fingerprint density at radius 2 is 1.78 bits per heavy atom. The van der Waals surface area contributed by atoms with Crippen LogP contribution in [0, 0.1) is 5.92 Å². The molecule has 0 aliphatic heterocycles. The molecule has 2 unspecified atom stereocenters. The summed E-state index contributed by atoms with van der Waals surface area (Å²) in [6, 6.07) is 10.8. The van der Waals surface area contributed by atoms with Crippen LogP contribution in [0.25, 0.3) is 0 Å². The molecule has 1 aromatic rings. The summed E-state index contributed by atoms with van der Waals surface area (Å²) in [5.41, 5.74) is 1.44. The molecule has 0 amide bonds. The third-order valence-electron chi connectivity index (χ3n) is 3.80. The normalized spacial score (nSPS) is 14.4. The molecule has 0 aliphatic carbocycles. The van der Waals surface area contributed by atoms with E-state index in [1.807, 2.05) is 0 Å². The number of nitrogens with one attached hydrogen (secondary N) is 1. The number of benzene rings is 1. The molecule has 0 spiro atoms. The Hall–Kier alpha value is -0.820. The van der Waals surface area contributed by atoms with Crippen molar-refractivity contribution >= 4 is 0 Å². The van der Waals surface area contributed by atoms with Crippen molar-refractivity contribution in [1.82, 2.24) is 5.32 Å². The number of unbranched alkanes of at least 4 members (excludes halogenated alkanes) is 1. The molecule has 0 saturated carbocycles. The fraction of sp³-hybridized carbons (Fsp3) is 0.647. The quantitative estimate of drug-likeness (QED) is 0.672. The fourth-order valence-electron chi connectivity index (χ4n) is 2.35. The molecular formula is C17H29N. The first-order valence-electron chi connectivity index (χ1n) is 7.53. The molecule has 1 heteroatoms. The van der Waals surface area contributed by atoms with Gasteiger partial charge in [0.15, 0.2) is 0 Å². The molecular weight excluding hydrogens is 218 g/mol. The van der Waals surface area contributed by atoms with E-state index >= 15 is 0 Å². The zero-order chi connectivity index (χ0) is 13.2. The van der Waals surface area contributed by atoms with Gasteiger partial charge in [-0.15, -0.1) is 0 Å². The van der Waals surface area contributed by atoms with Crippen LogP contribution in [0.3, 0.4) is 0 Å². The molecule has 0 aliphatic rings. The lowest BCUT2D eigenvalue weighted by atomic mass is 9.98. The molecule has 0 fully saturated rings. The van der Waals surface area contributed by atoms with Gasteiger partial charge in [0.1, 0.15) is 0 Å². The molecule has 0 heterocycles. The maximum Gasteiger partial charge on any atom is 0.00176 e. The fourth-order valence-corrected chi connectivity index (χ4v) is 2.35. The summed E-state index contributed by atoms with van der Waals surface area (Å²) in [5.74, 6) is 1.46. The Labute approximate surface area is 113 Å². The van der Waals surface area contributed by atoms with Crippen LogP contribution in [0.15, 0.2) is 30.3 Å². The summed E-state index contributed by atoms with van der Waals surface area (Å²) < 4.78 is 0. The van der Waals surface area contributed by atoms with Crippen LogP contribution >= 0.6 is 0 Å². The lowest BCUT2D eigenvalue weighted by Gasteiger charge is -2.18. The number of hydrogen-bond donors (Lipinski definition) is 1. The van der Waals surface area contributed by atoms with Gasteiger partial charge in [0, 0.05) is 6.54 Å². The van der Waals surface area contributed by atoms with Crippen molar-refractivity contribution in [1.29, 1.82) is 0 Å². The van der Waals surface area contributed by atoms with Crippen molar-refractivity contribution in [3.63, 3.8) is 0 Å². The predicted molar refractivity (Wildman–Crippen MR) is 81.0 cm³/mol. The molecule has 18 heavy (non-hydrogen) atoms. The van der Waals surface area contributed by atoms with E-state index in [2.05, 4.69) is 56.4 Å². The van der Waals surface area contributed by atoms with E-state index in [0.29, 0.717) is 5.92 Å². The van der Waals surface area contributed by atoms with Gasteiger partial charge >= 0.3 is 0 Å². The first-order chi connectivity index (χ1) is 8.77. The van der Waals surface area contributed by atoms with Gasteiger partial charge in [-0.25, -0.2) is 0 Å². The van der Waals surface area contributed by atoms with Gasteiger partial charge < -0.3 is 5.32 Å². The lowest BCUT2D eigenvalue weighted by molar-refractivity contribution is 0.414. The topological polar surface area (TPSA) is 12.0 Å². The van der Waals surface area contributed by atoms with Gasteiger partial charge in [0.25, 0.3) is 0 Å². The summed E-state index contributed by atoms with van der Waals surface area (Å²) in [6.45, 7) is 9.15. The van der Waals surface area contributed by atoms with E-state index in [0.717, 1.165) is 12.5 Å². The van der Waals surface area contributed by atoms with E-state index in [4.69, 9.17) is 0 Å². The molecule has 0 aromatic heterocycles. The SMILES string of the molecule is CCCCC(CC)CNCC(C)c1ccccc1. The summed E-state index contributed by atoms with van der Waals surface area (Å²) in [7, 11) is 0. The molecule has 2 atom stereocenters. The zero-order valence-corrected chi connectivity index (χ0v) is 12.3. The van der Waals surface area contributed by atoms with Crippen LogP contribution in [-0.2, 0) is 0 Å². The number of hydrogen-bond acceptors (Lipinski definition) is 1. The van der Waals surface area contributed by atoms with Gasteiger partial charge in [0.05, 0.1) is 0 Å². The van der Waals surface area contributed by atoms with E-state index in [1.165, 1.54) is 37.8 Å². The maximum absolute atomic E-state index is 3.64. The minimum Gasteiger partial charge on any atom is -0.316 e. The molecule has 1 nitrogen and oxygen atoms in total. The van der Waals surface area contributed by atoms with Crippen molar-refractivity contribution in [2.45, 2.75) is 52.4 Å². The predicted octanol–water partition coefficient (Wildman–Crippen LogP) is 4.60. The molecule has 102 valence electrons. The Morgan fingerprint density at radius 3 is 2.39 bits per heavy atom. The first kappa shape index (κ1) is 15.2. The van der Waals surface area contributed by atoms with E-state index in [9.17, 15) is 0 Å². The van der Waals surface area contributed by atoms with Gasteiger partial charge in [-0.05, 0) is 30.4 Å². The third-order valence-corrected chi connectivity index (χ3v) is 3.80. The molecule has 1 N–H and O–H groups in total. The minimum atomic E-state index is 0.606. The van der Waals surface area contributed by atoms with Crippen molar-refractivity contribution in [3.05, 3.63) is 35.9 Å². The summed E-state index contributed by atoms with van der Waals surface area (Å²) >= 11 is 0. The zero-order valence-electron chi connectivity index (χ0n) is 12.3. The standard InChI is InChI=1S/C17H29N/c1-4-6-10-16(5-2)14-18-13-15(3)17-11-8-7-9-12-17/h7-9,11-12,15-16,18H,4-6,10,13-14H2,1-3H3. The van der Waals surface area contributed by atoms with Crippen LogP contribution in [0.4, 0.5) is 0 Å². The van der Waals surface area contributed by atoms with Gasteiger partial charge in [0.2, 0.25) is 0 Å². The molecule has 0 bridgehead atoms.